The van der Waals surface area contributed by atoms with Crippen LogP contribution in [0, 0.1) is 0 Å². The zero-order valence-electron chi connectivity index (χ0n) is 19.9. The second-order valence-corrected chi connectivity index (χ2v) is 11.8. The summed E-state index contributed by atoms with van der Waals surface area (Å²) in [4.78, 5) is 17.6. The fourth-order valence-electron chi connectivity index (χ4n) is 3.80. The molecular formula is C27H22BrCl3N2O2S2. The van der Waals surface area contributed by atoms with Gasteiger partial charge in [0.25, 0.3) is 5.91 Å². The van der Waals surface area contributed by atoms with E-state index in [0.717, 1.165) is 34.4 Å². The molecule has 0 N–H and O–H groups in total. The van der Waals surface area contributed by atoms with Gasteiger partial charge in [0.15, 0.2) is 4.32 Å². The maximum atomic E-state index is 13.4. The predicted octanol–water partition coefficient (Wildman–Crippen LogP) is 9.24. The number of hydrogen-bond donors (Lipinski definition) is 0. The first-order valence-corrected chi connectivity index (χ1v) is 14.6. The van der Waals surface area contributed by atoms with Gasteiger partial charge in [-0.15, -0.1) is 0 Å². The van der Waals surface area contributed by atoms with Crippen LogP contribution in [-0.2, 0) is 11.4 Å². The van der Waals surface area contributed by atoms with Crippen LogP contribution in [0.2, 0.25) is 15.1 Å². The fraction of sp³-hybridized carbons (Fsp3) is 0.185. The summed E-state index contributed by atoms with van der Waals surface area (Å²) in [5.74, 6) is 0.417. The lowest BCUT2D eigenvalue weighted by molar-refractivity contribution is -0.113. The molecule has 4 nitrogen and oxygen atoms in total. The van der Waals surface area contributed by atoms with E-state index in [-0.39, 0.29) is 12.5 Å². The predicted molar refractivity (Wildman–Crippen MR) is 166 cm³/mol. The van der Waals surface area contributed by atoms with E-state index in [4.69, 9.17) is 51.8 Å². The summed E-state index contributed by atoms with van der Waals surface area (Å²) in [5.41, 5.74) is 3.21. The Morgan fingerprint density at radius 3 is 2.46 bits per heavy atom. The molecule has 1 amide bonds. The van der Waals surface area contributed by atoms with Crippen LogP contribution in [0.25, 0.3) is 6.08 Å². The SMILES string of the molecule is CCN(CC)c1ccc(/C=C2/SC(=S)N(c3ccc(Br)c(Cl)c3)C2=O)c(OCc2ccc(Cl)cc2Cl)c1. The van der Waals surface area contributed by atoms with E-state index in [2.05, 4.69) is 34.7 Å². The molecule has 0 saturated carbocycles. The van der Waals surface area contributed by atoms with Crippen molar-refractivity contribution in [2.24, 2.45) is 0 Å². The van der Waals surface area contributed by atoms with Crippen LogP contribution in [0.1, 0.15) is 25.0 Å². The molecule has 0 unspecified atom stereocenters. The van der Waals surface area contributed by atoms with E-state index in [1.54, 1.807) is 30.3 Å². The minimum absolute atomic E-state index is 0.215. The summed E-state index contributed by atoms with van der Waals surface area (Å²) in [6, 6.07) is 16.6. The second kappa shape index (κ2) is 12.4. The van der Waals surface area contributed by atoms with Gasteiger partial charge in [-0.1, -0.05) is 64.8 Å². The summed E-state index contributed by atoms with van der Waals surface area (Å²) in [5, 5.41) is 1.59. The number of halogens is 4. The maximum Gasteiger partial charge on any atom is 0.270 e. The third kappa shape index (κ3) is 6.47. The number of carbonyl (C=O) groups excluding carboxylic acids is 1. The van der Waals surface area contributed by atoms with Crippen molar-refractivity contribution >= 4 is 102 Å². The van der Waals surface area contributed by atoms with Crippen LogP contribution < -0.4 is 14.5 Å². The Morgan fingerprint density at radius 2 is 1.78 bits per heavy atom. The number of thioether (sulfide) groups is 1. The molecule has 192 valence electrons. The number of anilines is 2. The van der Waals surface area contributed by atoms with Crippen molar-refractivity contribution < 1.29 is 9.53 Å². The van der Waals surface area contributed by atoms with Gasteiger partial charge in [-0.25, -0.2) is 0 Å². The minimum atomic E-state index is -0.215. The molecule has 0 atom stereocenters. The van der Waals surface area contributed by atoms with Gasteiger partial charge in [0.2, 0.25) is 0 Å². The van der Waals surface area contributed by atoms with Crippen LogP contribution in [0.3, 0.4) is 0 Å². The fourth-order valence-corrected chi connectivity index (χ4v) is 5.98. The Labute approximate surface area is 249 Å². The lowest BCUT2D eigenvalue weighted by atomic mass is 10.1. The summed E-state index contributed by atoms with van der Waals surface area (Å²) in [7, 11) is 0. The highest BCUT2D eigenvalue weighted by Crippen LogP contribution is 2.39. The molecule has 1 heterocycles. The van der Waals surface area contributed by atoms with E-state index in [9.17, 15) is 4.79 Å². The first-order valence-electron chi connectivity index (χ1n) is 11.4. The van der Waals surface area contributed by atoms with Gasteiger partial charge < -0.3 is 9.64 Å². The summed E-state index contributed by atoms with van der Waals surface area (Å²) in [6.07, 6.45) is 1.81. The van der Waals surface area contributed by atoms with E-state index in [1.807, 2.05) is 30.3 Å². The molecule has 0 aromatic heterocycles. The molecule has 1 saturated heterocycles. The van der Waals surface area contributed by atoms with Gasteiger partial charge in [-0.3, -0.25) is 9.69 Å². The Bertz CT molecular complexity index is 1400. The first kappa shape index (κ1) is 28.3. The van der Waals surface area contributed by atoms with Crippen molar-refractivity contribution in [2.75, 3.05) is 22.9 Å². The maximum absolute atomic E-state index is 13.4. The molecule has 37 heavy (non-hydrogen) atoms. The largest absolute Gasteiger partial charge is 0.488 e. The molecule has 1 aliphatic rings. The third-order valence-corrected chi connectivity index (χ3v) is 8.89. The molecule has 0 bridgehead atoms. The van der Waals surface area contributed by atoms with Crippen LogP contribution in [0.4, 0.5) is 11.4 Å². The number of ether oxygens (including phenoxy) is 1. The van der Waals surface area contributed by atoms with Crippen LogP contribution in [-0.4, -0.2) is 23.3 Å². The quantitative estimate of drug-likeness (QED) is 0.178. The second-order valence-electron chi connectivity index (χ2n) is 8.03. The third-order valence-electron chi connectivity index (χ3n) is 5.77. The average Bonchev–Trinajstić information content (AvgIpc) is 3.14. The van der Waals surface area contributed by atoms with Crippen LogP contribution in [0.15, 0.2) is 64.0 Å². The number of hydrogen-bond acceptors (Lipinski definition) is 5. The average molecular weight is 657 g/mol. The molecular weight excluding hydrogens is 635 g/mol. The van der Waals surface area contributed by atoms with Crippen molar-refractivity contribution in [2.45, 2.75) is 20.5 Å². The van der Waals surface area contributed by atoms with Crippen LogP contribution in [0.5, 0.6) is 5.75 Å². The summed E-state index contributed by atoms with van der Waals surface area (Å²) < 4.78 is 7.43. The highest BCUT2D eigenvalue weighted by molar-refractivity contribution is 9.10. The molecule has 10 heteroatoms. The van der Waals surface area contributed by atoms with Crippen molar-refractivity contribution in [1.82, 2.24) is 0 Å². The number of amides is 1. The molecule has 1 fully saturated rings. The van der Waals surface area contributed by atoms with Gasteiger partial charge >= 0.3 is 0 Å². The first-order chi connectivity index (χ1) is 17.7. The molecule has 1 aliphatic heterocycles. The number of carbonyl (C=O) groups is 1. The molecule has 4 rings (SSSR count). The van der Waals surface area contributed by atoms with Crippen molar-refractivity contribution in [3.05, 3.63) is 90.2 Å². The van der Waals surface area contributed by atoms with E-state index < -0.39 is 0 Å². The summed E-state index contributed by atoms with van der Waals surface area (Å²) >= 11 is 28.8. The van der Waals surface area contributed by atoms with Crippen molar-refractivity contribution in [1.29, 1.82) is 0 Å². The summed E-state index contributed by atoms with van der Waals surface area (Å²) in [6.45, 7) is 6.16. The van der Waals surface area contributed by atoms with Gasteiger partial charge in [-0.05, 0) is 78.3 Å². The number of nitrogens with zero attached hydrogens (tertiary/aromatic N) is 2. The van der Waals surface area contributed by atoms with E-state index in [0.29, 0.717) is 35.7 Å². The lowest BCUT2D eigenvalue weighted by Gasteiger charge is -2.22. The molecule has 0 spiro atoms. The van der Waals surface area contributed by atoms with Gasteiger partial charge in [0.1, 0.15) is 12.4 Å². The van der Waals surface area contributed by atoms with Gasteiger partial charge in [0, 0.05) is 50.5 Å². The van der Waals surface area contributed by atoms with Crippen molar-refractivity contribution in [3.63, 3.8) is 0 Å². The van der Waals surface area contributed by atoms with Gasteiger partial charge in [-0.2, -0.15) is 0 Å². The monoisotopic (exact) mass is 654 g/mol. The Hall–Kier alpha value is -1.74. The zero-order chi connectivity index (χ0) is 26.7. The smallest absolute Gasteiger partial charge is 0.270 e. The highest BCUT2D eigenvalue weighted by atomic mass is 79.9. The number of benzene rings is 3. The van der Waals surface area contributed by atoms with E-state index in [1.165, 1.54) is 16.7 Å². The normalized spacial score (nSPS) is 14.5. The molecule has 3 aromatic rings. The van der Waals surface area contributed by atoms with E-state index >= 15 is 0 Å². The highest BCUT2D eigenvalue weighted by Gasteiger charge is 2.33. The lowest BCUT2D eigenvalue weighted by Crippen LogP contribution is -2.27. The van der Waals surface area contributed by atoms with Crippen LogP contribution >= 0.6 is 74.7 Å². The number of thiocarbonyl (C=S) groups is 1. The Morgan fingerprint density at radius 1 is 1.03 bits per heavy atom. The standard InChI is InChI=1S/C27H22BrCl3N2O2S2/c1-3-32(4-2)19-8-6-16(24(14-19)35-15-17-5-7-18(29)12-22(17)30)11-25-26(34)33(27(36)37-25)20-9-10-21(28)23(31)13-20/h5-14H,3-4,15H2,1-2H3/b25-11+. The topological polar surface area (TPSA) is 32.8 Å². The minimum Gasteiger partial charge on any atom is -0.488 e. The Balaban J connectivity index is 1.68. The molecule has 3 aromatic carbocycles. The van der Waals surface area contributed by atoms with Gasteiger partial charge in [0.05, 0.1) is 15.6 Å². The number of rotatable bonds is 8. The molecule has 0 radical (unpaired) electrons. The molecule has 0 aliphatic carbocycles. The zero-order valence-corrected chi connectivity index (χ0v) is 25.4. The van der Waals surface area contributed by atoms with Crippen molar-refractivity contribution in [3.8, 4) is 5.75 Å². The Kier molecular flexibility index (Phi) is 9.48.